The zero-order valence-electron chi connectivity index (χ0n) is 13.3. The number of hydrogen-bond donors (Lipinski definition) is 0. The smallest absolute Gasteiger partial charge is 0.317 e. The number of hydrogen-bond acceptors (Lipinski definition) is 6. The molecule has 0 spiro atoms. The summed E-state index contributed by atoms with van der Waals surface area (Å²) >= 11 is 0. The second-order valence-corrected chi connectivity index (χ2v) is 7.11. The van der Waals surface area contributed by atoms with E-state index in [1.54, 1.807) is 0 Å². The average molecular weight is 322 g/mol. The van der Waals surface area contributed by atoms with Crippen molar-refractivity contribution in [3.05, 3.63) is 0 Å². The molecule has 0 aromatic rings. The summed E-state index contributed by atoms with van der Waals surface area (Å²) in [4.78, 5) is 44.2. The second-order valence-electron chi connectivity index (χ2n) is 7.11. The predicted molar refractivity (Wildman–Crippen MR) is 77.6 cm³/mol. The van der Waals surface area contributed by atoms with Crippen molar-refractivity contribution in [2.24, 2.45) is 29.6 Å². The molecule has 0 aromatic heterocycles. The standard InChI is InChI=1S/C9H12O3.C8H10O3/c1-5-2-3-6-7(4-5)9(11)12-8(6)10;9-7-5-3-1-2-4-6(5)8(10)11-7/h5-7H,2-4H2,1H3;5-6H,1-4H2. The molecule has 4 aliphatic rings. The number of carbonyl (C=O) groups is 4. The fourth-order valence-electron chi connectivity index (χ4n) is 4.12. The van der Waals surface area contributed by atoms with E-state index in [4.69, 9.17) is 0 Å². The van der Waals surface area contributed by atoms with Crippen LogP contribution in [-0.4, -0.2) is 23.9 Å². The summed E-state index contributed by atoms with van der Waals surface area (Å²) in [7, 11) is 0. The highest BCUT2D eigenvalue weighted by atomic mass is 16.6. The van der Waals surface area contributed by atoms with Crippen molar-refractivity contribution >= 4 is 23.9 Å². The van der Waals surface area contributed by atoms with Crippen molar-refractivity contribution in [3.63, 3.8) is 0 Å². The topological polar surface area (TPSA) is 86.7 Å². The molecule has 0 amide bonds. The first kappa shape index (κ1) is 16.1. The molecule has 5 unspecified atom stereocenters. The molecule has 2 saturated carbocycles. The molecule has 2 aliphatic carbocycles. The van der Waals surface area contributed by atoms with E-state index >= 15 is 0 Å². The number of esters is 4. The van der Waals surface area contributed by atoms with Gasteiger partial charge in [0, 0.05) is 0 Å². The molecule has 4 fully saturated rings. The molecule has 5 atom stereocenters. The normalized spacial score (nSPS) is 38.9. The first-order chi connectivity index (χ1) is 11.0. The molecule has 2 aliphatic heterocycles. The molecule has 0 bridgehead atoms. The molecule has 6 heteroatoms. The van der Waals surface area contributed by atoms with Gasteiger partial charge in [-0.1, -0.05) is 19.8 Å². The van der Waals surface area contributed by atoms with Crippen LogP contribution in [0.15, 0.2) is 0 Å². The molecule has 2 heterocycles. The molecule has 0 aromatic carbocycles. The minimum Gasteiger partial charge on any atom is -0.393 e. The molecular weight excluding hydrogens is 300 g/mol. The van der Waals surface area contributed by atoms with E-state index in [0.29, 0.717) is 5.92 Å². The van der Waals surface area contributed by atoms with Gasteiger partial charge in [0.05, 0.1) is 23.7 Å². The number of fused-ring (bicyclic) bond motifs is 2. The van der Waals surface area contributed by atoms with Crippen molar-refractivity contribution in [2.45, 2.75) is 51.9 Å². The predicted octanol–water partition coefficient (Wildman–Crippen LogP) is 2.00. The van der Waals surface area contributed by atoms with Gasteiger partial charge >= 0.3 is 23.9 Å². The summed E-state index contributed by atoms with van der Waals surface area (Å²) in [5, 5.41) is 0. The van der Waals surface area contributed by atoms with Crippen LogP contribution in [-0.2, 0) is 28.7 Å². The third-order valence-corrected chi connectivity index (χ3v) is 5.49. The van der Waals surface area contributed by atoms with Gasteiger partial charge in [-0.2, -0.15) is 0 Å². The van der Waals surface area contributed by atoms with Gasteiger partial charge in [-0.25, -0.2) is 0 Å². The largest absolute Gasteiger partial charge is 0.393 e. The van der Waals surface area contributed by atoms with Crippen molar-refractivity contribution in [1.29, 1.82) is 0 Å². The van der Waals surface area contributed by atoms with Crippen LogP contribution in [0.1, 0.15) is 51.9 Å². The summed E-state index contributed by atoms with van der Waals surface area (Å²) in [6.45, 7) is 2.12. The Morgan fingerprint density at radius 3 is 1.61 bits per heavy atom. The fourth-order valence-corrected chi connectivity index (χ4v) is 4.12. The molecular formula is C17H22O6. The minimum atomic E-state index is -0.295. The third-order valence-electron chi connectivity index (χ3n) is 5.49. The Labute approximate surface area is 134 Å². The van der Waals surface area contributed by atoms with Crippen LogP contribution < -0.4 is 0 Å². The first-order valence-electron chi connectivity index (χ1n) is 8.48. The van der Waals surface area contributed by atoms with Gasteiger partial charge in [0.2, 0.25) is 0 Å². The van der Waals surface area contributed by atoms with E-state index < -0.39 is 0 Å². The van der Waals surface area contributed by atoms with Crippen molar-refractivity contribution in [3.8, 4) is 0 Å². The molecule has 4 rings (SSSR count). The molecule has 2 saturated heterocycles. The number of ether oxygens (including phenoxy) is 2. The highest BCUT2D eigenvalue weighted by molar-refractivity contribution is 5.97. The Hall–Kier alpha value is -1.72. The number of cyclic esters (lactones) is 4. The summed E-state index contributed by atoms with van der Waals surface area (Å²) in [6, 6.07) is 0. The van der Waals surface area contributed by atoms with Gasteiger partial charge in [0.15, 0.2) is 0 Å². The van der Waals surface area contributed by atoms with Crippen LogP contribution in [0, 0.1) is 29.6 Å². The maximum Gasteiger partial charge on any atom is 0.317 e. The lowest BCUT2D eigenvalue weighted by Crippen LogP contribution is -2.25. The maximum absolute atomic E-state index is 11.1. The third kappa shape index (κ3) is 3.16. The Balaban J connectivity index is 0.000000136. The van der Waals surface area contributed by atoms with Crippen LogP contribution in [0.2, 0.25) is 0 Å². The van der Waals surface area contributed by atoms with Crippen molar-refractivity contribution in [1.82, 2.24) is 0 Å². The zero-order valence-corrected chi connectivity index (χ0v) is 13.3. The first-order valence-corrected chi connectivity index (χ1v) is 8.48. The lowest BCUT2D eigenvalue weighted by Gasteiger charge is -2.24. The highest BCUT2D eigenvalue weighted by Crippen LogP contribution is 2.39. The van der Waals surface area contributed by atoms with Gasteiger partial charge in [0.1, 0.15) is 0 Å². The molecule has 0 radical (unpaired) electrons. The van der Waals surface area contributed by atoms with Crippen LogP contribution in [0.4, 0.5) is 0 Å². The van der Waals surface area contributed by atoms with Crippen LogP contribution in [0.5, 0.6) is 0 Å². The Bertz CT molecular complexity index is 517. The molecule has 0 N–H and O–H groups in total. The summed E-state index contributed by atoms with van der Waals surface area (Å²) in [6.07, 6.45) is 6.51. The van der Waals surface area contributed by atoms with E-state index in [0.717, 1.165) is 44.9 Å². The minimum absolute atomic E-state index is 0.101. The Morgan fingerprint density at radius 2 is 1.09 bits per heavy atom. The van der Waals surface area contributed by atoms with Crippen LogP contribution >= 0.6 is 0 Å². The van der Waals surface area contributed by atoms with Gasteiger partial charge in [-0.3, -0.25) is 19.2 Å². The highest BCUT2D eigenvalue weighted by Gasteiger charge is 2.46. The van der Waals surface area contributed by atoms with E-state index in [2.05, 4.69) is 16.4 Å². The Morgan fingerprint density at radius 1 is 0.652 bits per heavy atom. The van der Waals surface area contributed by atoms with Crippen LogP contribution in [0.25, 0.3) is 0 Å². The maximum atomic E-state index is 11.1. The second kappa shape index (κ2) is 6.42. The number of carbonyl (C=O) groups excluding carboxylic acids is 4. The SMILES string of the molecule is CC1CCC2C(=O)OC(=O)C2C1.O=C1OC(=O)C2CCCCC12. The van der Waals surface area contributed by atoms with Gasteiger partial charge in [-0.05, 0) is 38.0 Å². The van der Waals surface area contributed by atoms with E-state index in [-0.39, 0.29) is 47.5 Å². The van der Waals surface area contributed by atoms with Crippen LogP contribution in [0.3, 0.4) is 0 Å². The van der Waals surface area contributed by atoms with E-state index in [9.17, 15) is 19.2 Å². The summed E-state index contributed by atoms with van der Waals surface area (Å²) in [5.74, 6) is -1.06. The van der Waals surface area contributed by atoms with E-state index in [1.165, 1.54) is 0 Å². The molecule has 23 heavy (non-hydrogen) atoms. The summed E-state index contributed by atoms with van der Waals surface area (Å²) in [5.41, 5.74) is 0. The summed E-state index contributed by atoms with van der Waals surface area (Å²) < 4.78 is 9.11. The monoisotopic (exact) mass is 322 g/mol. The quantitative estimate of drug-likeness (QED) is 0.501. The van der Waals surface area contributed by atoms with Crippen molar-refractivity contribution < 1.29 is 28.7 Å². The average Bonchev–Trinajstić information content (AvgIpc) is 2.97. The lowest BCUT2D eigenvalue weighted by atomic mass is 9.76. The fraction of sp³-hybridized carbons (Fsp3) is 0.765. The lowest BCUT2D eigenvalue weighted by molar-refractivity contribution is -0.155. The number of rotatable bonds is 0. The zero-order chi connectivity index (χ0) is 16.6. The molecule has 126 valence electrons. The van der Waals surface area contributed by atoms with Gasteiger partial charge in [-0.15, -0.1) is 0 Å². The van der Waals surface area contributed by atoms with Gasteiger partial charge in [0.25, 0.3) is 0 Å². The molecule has 6 nitrogen and oxygen atoms in total. The van der Waals surface area contributed by atoms with E-state index in [1.807, 2.05) is 0 Å². The van der Waals surface area contributed by atoms with Crippen molar-refractivity contribution in [2.75, 3.05) is 0 Å². The van der Waals surface area contributed by atoms with Gasteiger partial charge < -0.3 is 9.47 Å². The Kier molecular flexibility index (Phi) is 4.50.